The fraction of sp³-hybridized carbons (Fsp3) is 0.958. The van der Waals surface area contributed by atoms with Crippen molar-refractivity contribution in [2.75, 3.05) is 0 Å². The van der Waals surface area contributed by atoms with E-state index in [2.05, 4.69) is 27.7 Å². The largest absolute Gasteiger partial charge is 0.463 e. The predicted octanol–water partition coefficient (Wildman–Crippen LogP) is 5.85. The van der Waals surface area contributed by atoms with Gasteiger partial charge >= 0.3 is 5.97 Å². The molecule has 0 saturated heterocycles. The standard InChI is InChI=1S/C24H40O4/c1-6-24(28-26)15(2)13-21-19-8-7-17-14-18(27-16(3)25)9-11-22(17,4)20(19)10-12-23(21,24)5/h15,17-21,26H,6-14H2,1-5H3/t15?,17?,18?,19-,20+,21+,22+,23+,24-/m1/s1. The van der Waals surface area contributed by atoms with E-state index >= 15 is 0 Å². The molecule has 0 amide bonds. The number of carbonyl (C=O) groups is 1. The Kier molecular flexibility index (Phi) is 5.14. The maximum absolute atomic E-state index is 11.4. The van der Waals surface area contributed by atoms with Crippen LogP contribution in [0.4, 0.5) is 0 Å². The third-order valence-electron chi connectivity index (χ3n) is 10.4. The summed E-state index contributed by atoms with van der Waals surface area (Å²) in [4.78, 5) is 16.8. The van der Waals surface area contributed by atoms with E-state index in [-0.39, 0.29) is 23.1 Å². The van der Waals surface area contributed by atoms with E-state index in [0.29, 0.717) is 23.2 Å². The molecule has 4 fully saturated rings. The fourth-order valence-electron chi connectivity index (χ4n) is 8.99. The van der Waals surface area contributed by atoms with Crippen molar-refractivity contribution in [3.63, 3.8) is 0 Å². The molecule has 0 aromatic heterocycles. The summed E-state index contributed by atoms with van der Waals surface area (Å²) >= 11 is 0. The number of rotatable bonds is 3. The Morgan fingerprint density at radius 1 is 1.07 bits per heavy atom. The first-order chi connectivity index (χ1) is 13.2. The average Bonchev–Trinajstić information content (AvgIpc) is 2.88. The zero-order chi connectivity index (χ0) is 20.3. The van der Waals surface area contributed by atoms with Crippen LogP contribution in [-0.2, 0) is 14.4 Å². The minimum Gasteiger partial charge on any atom is -0.463 e. The Hall–Kier alpha value is -0.610. The Morgan fingerprint density at radius 2 is 1.82 bits per heavy atom. The summed E-state index contributed by atoms with van der Waals surface area (Å²) in [5.41, 5.74) is 0.0737. The highest BCUT2D eigenvalue weighted by Gasteiger charge is 2.67. The first kappa shape index (κ1) is 20.7. The van der Waals surface area contributed by atoms with E-state index in [0.717, 1.165) is 37.5 Å². The highest BCUT2D eigenvalue weighted by molar-refractivity contribution is 5.66. The van der Waals surface area contributed by atoms with Crippen LogP contribution >= 0.6 is 0 Å². The van der Waals surface area contributed by atoms with Gasteiger partial charge in [0.15, 0.2) is 0 Å². The van der Waals surface area contributed by atoms with Crippen LogP contribution in [0.15, 0.2) is 0 Å². The van der Waals surface area contributed by atoms with E-state index in [1.54, 1.807) is 0 Å². The maximum Gasteiger partial charge on any atom is 0.302 e. The van der Waals surface area contributed by atoms with Crippen LogP contribution < -0.4 is 0 Å². The number of hydrogen-bond donors (Lipinski definition) is 1. The van der Waals surface area contributed by atoms with Crippen molar-refractivity contribution in [1.29, 1.82) is 0 Å². The van der Waals surface area contributed by atoms with Gasteiger partial charge in [-0.15, -0.1) is 0 Å². The predicted molar refractivity (Wildman–Crippen MR) is 109 cm³/mol. The second kappa shape index (κ2) is 6.97. The number of carbonyl (C=O) groups excluding carboxylic acids is 1. The topological polar surface area (TPSA) is 55.8 Å². The normalized spacial score (nSPS) is 53.1. The molecule has 0 aromatic carbocycles. The van der Waals surface area contributed by atoms with Crippen molar-refractivity contribution in [2.45, 2.75) is 104 Å². The number of hydrogen-bond acceptors (Lipinski definition) is 4. The third-order valence-corrected chi connectivity index (χ3v) is 10.4. The summed E-state index contributed by atoms with van der Waals surface area (Å²) in [5.74, 6) is 3.12. The molecule has 160 valence electrons. The Balaban J connectivity index is 1.58. The number of esters is 1. The molecule has 3 unspecified atom stereocenters. The lowest BCUT2D eigenvalue weighted by molar-refractivity contribution is -0.365. The van der Waals surface area contributed by atoms with Crippen LogP contribution in [0, 0.1) is 40.4 Å². The minimum absolute atomic E-state index is 0.0786. The molecule has 4 aliphatic carbocycles. The van der Waals surface area contributed by atoms with Gasteiger partial charge in [-0.1, -0.05) is 27.7 Å². The molecule has 1 N–H and O–H groups in total. The zero-order valence-corrected chi connectivity index (χ0v) is 18.5. The molecule has 4 nitrogen and oxygen atoms in total. The summed E-state index contributed by atoms with van der Waals surface area (Å²) in [6.07, 6.45) is 10.4. The summed E-state index contributed by atoms with van der Waals surface area (Å²) in [5, 5.41) is 9.98. The van der Waals surface area contributed by atoms with Gasteiger partial charge in [-0.05, 0) is 92.8 Å². The van der Waals surface area contributed by atoms with Gasteiger partial charge in [0.2, 0.25) is 0 Å². The summed E-state index contributed by atoms with van der Waals surface area (Å²) in [7, 11) is 0. The maximum atomic E-state index is 11.4. The lowest BCUT2D eigenvalue weighted by Gasteiger charge is -2.61. The molecule has 0 bridgehead atoms. The molecule has 4 rings (SSSR count). The van der Waals surface area contributed by atoms with Crippen molar-refractivity contribution in [2.24, 2.45) is 40.4 Å². The van der Waals surface area contributed by atoms with Crippen LogP contribution in [0.1, 0.15) is 92.4 Å². The van der Waals surface area contributed by atoms with Crippen molar-refractivity contribution >= 4 is 5.97 Å². The lowest BCUT2D eigenvalue weighted by Crippen LogP contribution is -2.57. The van der Waals surface area contributed by atoms with Gasteiger partial charge in [-0.3, -0.25) is 10.1 Å². The van der Waals surface area contributed by atoms with Gasteiger partial charge in [-0.2, -0.15) is 0 Å². The highest BCUT2D eigenvalue weighted by atomic mass is 17.1. The molecule has 4 aliphatic rings. The molecule has 4 heteroatoms. The highest BCUT2D eigenvalue weighted by Crippen LogP contribution is 2.70. The summed E-state index contributed by atoms with van der Waals surface area (Å²) in [6, 6.07) is 0. The molecule has 28 heavy (non-hydrogen) atoms. The number of ether oxygens (including phenoxy) is 1. The van der Waals surface area contributed by atoms with Crippen LogP contribution in [0.5, 0.6) is 0 Å². The second-order valence-corrected chi connectivity index (χ2v) is 11.1. The Labute approximate surface area is 170 Å². The summed E-state index contributed by atoms with van der Waals surface area (Å²) in [6.45, 7) is 11.0. The van der Waals surface area contributed by atoms with E-state index in [1.807, 2.05) is 0 Å². The van der Waals surface area contributed by atoms with Crippen molar-refractivity contribution in [1.82, 2.24) is 0 Å². The molecule has 0 aliphatic heterocycles. The van der Waals surface area contributed by atoms with Gasteiger partial charge in [0.05, 0.1) is 0 Å². The Bertz CT molecular complexity index is 614. The van der Waals surface area contributed by atoms with E-state index in [4.69, 9.17) is 9.62 Å². The SMILES string of the molecule is CC[C@@]1(OO)C(C)C[C@H]2[C@@H]3CCC4CC(OC(C)=O)CC[C@]4(C)[C@H]3CC[C@@]21C. The smallest absolute Gasteiger partial charge is 0.302 e. The molecule has 0 heterocycles. The third kappa shape index (κ3) is 2.66. The second-order valence-electron chi connectivity index (χ2n) is 11.1. The lowest BCUT2D eigenvalue weighted by atomic mass is 9.44. The van der Waals surface area contributed by atoms with Crippen LogP contribution in [0.2, 0.25) is 0 Å². The molecule has 9 atom stereocenters. The van der Waals surface area contributed by atoms with E-state index in [9.17, 15) is 10.1 Å². The van der Waals surface area contributed by atoms with Crippen molar-refractivity contribution < 1.29 is 19.7 Å². The van der Waals surface area contributed by atoms with Crippen LogP contribution in [-0.4, -0.2) is 22.9 Å². The minimum atomic E-state index is -0.382. The van der Waals surface area contributed by atoms with Gasteiger partial charge in [0.25, 0.3) is 0 Å². The molecular formula is C24H40O4. The monoisotopic (exact) mass is 392 g/mol. The zero-order valence-electron chi connectivity index (χ0n) is 18.5. The van der Waals surface area contributed by atoms with E-state index < -0.39 is 0 Å². The van der Waals surface area contributed by atoms with Gasteiger partial charge < -0.3 is 4.74 Å². The van der Waals surface area contributed by atoms with Crippen LogP contribution in [0.3, 0.4) is 0 Å². The molecular weight excluding hydrogens is 352 g/mol. The van der Waals surface area contributed by atoms with Crippen molar-refractivity contribution in [3.05, 3.63) is 0 Å². The average molecular weight is 393 g/mol. The van der Waals surface area contributed by atoms with Gasteiger partial charge in [0, 0.05) is 12.3 Å². The molecule has 0 spiro atoms. The first-order valence-corrected chi connectivity index (χ1v) is 11.7. The molecule has 4 saturated carbocycles. The number of fused-ring (bicyclic) bond motifs is 5. The Morgan fingerprint density at radius 3 is 2.46 bits per heavy atom. The van der Waals surface area contributed by atoms with E-state index in [1.165, 1.54) is 39.0 Å². The first-order valence-electron chi connectivity index (χ1n) is 11.7. The quantitative estimate of drug-likeness (QED) is 0.372. The molecule has 0 radical (unpaired) electrons. The van der Waals surface area contributed by atoms with Gasteiger partial charge in [0.1, 0.15) is 11.7 Å². The molecule has 0 aromatic rings. The van der Waals surface area contributed by atoms with Crippen molar-refractivity contribution in [3.8, 4) is 0 Å². The van der Waals surface area contributed by atoms with Crippen LogP contribution in [0.25, 0.3) is 0 Å². The van der Waals surface area contributed by atoms with Gasteiger partial charge in [-0.25, -0.2) is 4.89 Å². The fourth-order valence-corrected chi connectivity index (χ4v) is 8.99. The summed E-state index contributed by atoms with van der Waals surface area (Å²) < 4.78 is 5.59.